The molecule has 0 spiro atoms. The zero-order valence-corrected chi connectivity index (χ0v) is 20.8. The largest absolute Gasteiger partial charge is 0.309 e. The summed E-state index contributed by atoms with van der Waals surface area (Å²) in [4.78, 5) is 22.1. The van der Waals surface area contributed by atoms with Gasteiger partial charge in [0, 0.05) is 13.0 Å². The highest BCUT2D eigenvalue weighted by molar-refractivity contribution is 7.91. The first kappa shape index (κ1) is 24.4. The third kappa shape index (κ3) is 5.94. The molecule has 1 aromatic heterocycles. The van der Waals surface area contributed by atoms with Crippen molar-refractivity contribution < 1.29 is 13.2 Å². The number of thiazole rings is 1. The Morgan fingerprint density at radius 2 is 1.66 bits per heavy atom. The molecule has 1 heterocycles. The van der Waals surface area contributed by atoms with Crippen LogP contribution in [0.15, 0.2) is 47.4 Å². The van der Waals surface area contributed by atoms with Crippen molar-refractivity contribution in [1.82, 2.24) is 9.88 Å². The average molecular weight is 474 g/mol. The Morgan fingerprint density at radius 3 is 2.31 bits per heavy atom. The molecule has 3 aromatic rings. The van der Waals surface area contributed by atoms with E-state index in [1.54, 1.807) is 35.2 Å². The lowest BCUT2D eigenvalue weighted by Crippen LogP contribution is -2.33. The van der Waals surface area contributed by atoms with Crippen LogP contribution in [-0.4, -0.2) is 57.1 Å². The van der Waals surface area contributed by atoms with E-state index in [0.29, 0.717) is 16.6 Å². The first-order chi connectivity index (χ1) is 15.2. The Morgan fingerprint density at radius 1 is 0.969 bits per heavy atom. The first-order valence-corrected chi connectivity index (χ1v) is 13.3. The van der Waals surface area contributed by atoms with E-state index in [1.807, 2.05) is 27.1 Å². The van der Waals surface area contributed by atoms with Crippen LogP contribution in [0.2, 0.25) is 0 Å². The van der Waals surface area contributed by atoms with Gasteiger partial charge in [-0.1, -0.05) is 41.7 Å². The topological polar surface area (TPSA) is 70.6 Å². The lowest BCUT2D eigenvalue weighted by atomic mass is 10.1. The lowest BCUT2D eigenvalue weighted by Gasteiger charge is -2.21. The number of hydrogen-bond donors (Lipinski definition) is 0. The monoisotopic (exact) mass is 473 g/mol. The van der Waals surface area contributed by atoms with Gasteiger partial charge in [0.05, 0.1) is 20.9 Å². The molecule has 0 fully saturated rings. The summed E-state index contributed by atoms with van der Waals surface area (Å²) in [5, 5.41) is 0.687. The van der Waals surface area contributed by atoms with Crippen LogP contribution in [0, 0.1) is 13.8 Å². The van der Waals surface area contributed by atoms with Gasteiger partial charge in [-0.05, 0) is 70.6 Å². The van der Waals surface area contributed by atoms with E-state index in [-0.39, 0.29) is 24.5 Å². The maximum atomic E-state index is 13.2. The van der Waals surface area contributed by atoms with Gasteiger partial charge in [0.1, 0.15) is 0 Å². The van der Waals surface area contributed by atoms with Crippen LogP contribution in [0.1, 0.15) is 30.4 Å². The zero-order valence-electron chi connectivity index (χ0n) is 19.2. The predicted octanol–water partition coefficient (Wildman–Crippen LogP) is 4.45. The highest BCUT2D eigenvalue weighted by Crippen LogP contribution is 2.33. The van der Waals surface area contributed by atoms with Crippen molar-refractivity contribution in [2.75, 3.05) is 37.8 Å². The van der Waals surface area contributed by atoms with Gasteiger partial charge in [0.2, 0.25) is 5.91 Å². The summed E-state index contributed by atoms with van der Waals surface area (Å²) in [6.45, 7) is 5.49. The number of sulfone groups is 1. The second kappa shape index (κ2) is 10.6. The second-order valence-corrected chi connectivity index (χ2v) is 11.4. The molecule has 3 rings (SSSR count). The maximum Gasteiger partial charge on any atom is 0.228 e. The summed E-state index contributed by atoms with van der Waals surface area (Å²) in [7, 11) is 0.613. The van der Waals surface area contributed by atoms with E-state index in [2.05, 4.69) is 17.9 Å². The minimum Gasteiger partial charge on any atom is -0.309 e. The van der Waals surface area contributed by atoms with Crippen molar-refractivity contribution in [3.05, 3.63) is 53.6 Å². The minimum absolute atomic E-state index is 0.0493. The average Bonchev–Trinajstić information content (AvgIpc) is 3.20. The van der Waals surface area contributed by atoms with E-state index in [9.17, 15) is 13.2 Å². The zero-order chi connectivity index (χ0) is 23.3. The Kier molecular flexibility index (Phi) is 8.03. The molecule has 0 radical (unpaired) electrons. The van der Waals surface area contributed by atoms with E-state index >= 15 is 0 Å². The molecular weight excluding hydrogens is 442 g/mol. The third-order valence-electron chi connectivity index (χ3n) is 5.36. The first-order valence-electron chi connectivity index (χ1n) is 10.8. The van der Waals surface area contributed by atoms with Gasteiger partial charge in [0.25, 0.3) is 0 Å². The number of hydrogen-bond acceptors (Lipinski definition) is 6. The second-order valence-electron chi connectivity index (χ2n) is 8.31. The van der Waals surface area contributed by atoms with Gasteiger partial charge in [-0.25, -0.2) is 13.4 Å². The molecule has 2 aromatic carbocycles. The molecule has 0 bridgehead atoms. The van der Waals surface area contributed by atoms with Gasteiger partial charge in [-0.3, -0.25) is 9.69 Å². The number of aryl methyl sites for hydroxylation is 2. The summed E-state index contributed by atoms with van der Waals surface area (Å²) in [5.41, 5.74) is 3.16. The Labute approximate surface area is 194 Å². The van der Waals surface area contributed by atoms with Gasteiger partial charge in [-0.2, -0.15) is 0 Å². The van der Waals surface area contributed by atoms with Crippen molar-refractivity contribution in [1.29, 1.82) is 0 Å². The van der Waals surface area contributed by atoms with Crippen molar-refractivity contribution in [3.63, 3.8) is 0 Å². The fourth-order valence-electron chi connectivity index (χ4n) is 3.53. The van der Waals surface area contributed by atoms with Crippen LogP contribution in [0.3, 0.4) is 0 Å². The highest BCUT2D eigenvalue weighted by Gasteiger charge is 2.22. The number of aromatic nitrogens is 1. The predicted molar refractivity (Wildman–Crippen MR) is 132 cm³/mol. The molecular formula is C24H31N3O3S2. The van der Waals surface area contributed by atoms with Crippen LogP contribution in [0.25, 0.3) is 10.2 Å². The molecule has 8 heteroatoms. The van der Waals surface area contributed by atoms with Crippen LogP contribution < -0.4 is 4.90 Å². The van der Waals surface area contributed by atoms with Crippen molar-refractivity contribution in [3.8, 4) is 0 Å². The molecule has 0 aliphatic carbocycles. The standard InChI is InChI=1S/C24H31N3O3S2/c1-18-13-14-19(2)23-22(18)25-24(31-23)27(16-9-15-26(3)4)21(28)12-8-17-32(29,30)20-10-6-5-7-11-20/h5-7,10-11,13-14H,8-9,12,15-17H2,1-4H3. The Bertz CT molecular complexity index is 1130. The molecule has 6 nitrogen and oxygen atoms in total. The van der Waals surface area contributed by atoms with Gasteiger partial charge >= 0.3 is 0 Å². The number of nitrogens with zero attached hydrogens (tertiary/aromatic N) is 3. The normalized spacial score (nSPS) is 11.9. The summed E-state index contributed by atoms with van der Waals surface area (Å²) in [6, 6.07) is 12.5. The fraction of sp³-hybridized carbons (Fsp3) is 0.417. The summed E-state index contributed by atoms with van der Waals surface area (Å²) < 4.78 is 26.2. The van der Waals surface area contributed by atoms with Gasteiger partial charge in [0.15, 0.2) is 15.0 Å². The Hall–Kier alpha value is -2.29. The van der Waals surface area contributed by atoms with Gasteiger partial charge in [-0.15, -0.1) is 0 Å². The number of fused-ring (bicyclic) bond motifs is 1. The maximum absolute atomic E-state index is 13.2. The number of carbonyl (C=O) groups is 1. The molecule has 0 N–H and O–H groups in total. The van der Waals surface area contributed by atoms with Crippen LogP contribution in [0.5, 0.6) is 0 Å². The molecule has 172 valence electrons. The van der Waals surface area contributed by atoms with Crippen LogP contribution >= 0.6 is 11.3 Å². The molecule has 0 aliphatic rings. The number of anilines is 1. The van der Waals surface area contributed by atoms with Crippen molar-refractivity contribution >= 4 is 42.4 Å². The van der Waals surface area contributed by atoms with E-state index in [0.717, 1.165) is 34.3 Å². The van der Waals surface area contributed by atoms with E-state index in [4.69, 9.17) is 4.98 Å². The number of amides is 1. The van der Waals surface area contributed by atoms with Crippen LogP contribution in [0.4, 0.5) is 5.13 Å². The minimum atomic E-state index is -3.40. The van der Waals surface area contributed by atoms with Crippen molar-refractivity contribution in [2.24, 2.45) is 0 Å². The van der Waals surface area contributed by atoms with Gasteiger partial charge < -0.3 is 4.90 Å². The fourth-order valence-corrected chi connectivity index (χ4v) is 6.02. The number of carbonyl (C=O) groups excluding carboxylic acids is 1. The molecule has 0 aliphatic heterocycles. The molecule has 32 heavy (non-hydrogen) atoms. The third-order valence-corrected chi connectivity index (χ3v) is 8.39. The highest BCUT2D eigenvalue weighted by atomic mass is 32.2. The lowest BCUT2D eigenvalue weighted by molar-refractivity contribution is -0.118. The molecule has 0 unspecified atom stereocenters. The molecule has 1 amide bonds. The van der Waals surface area contributed by atoms with Crippen LogP contribution in [-0.2, 0) is 14.6 Å². The number of benzene rings is 2. The smallest absolute Gasteiger partial charge is 0.228 e. The molecule has 0 saturated carbocycles. The Balaban J connectivity index is 1.76. The van der Waals surface area contributed by atoms with E-state index in [1.165, 1.54) is 11.3 Å². The summed E-state index contributed by atoms with van der Waals surface area (Å²) in [5.74, 6) is -0.131. The summed E-state index contributed by atoms with van der Waals surface area (Å²) >= 11 is 1.53. The molecule has 0 atom stereocenters. The summed E-state index contributed by atoms with van der Waals surface area (Å²) in [6.07, 6.45) is 1.26. The quantitative estimate of drug-likeness (QED) is 0.435. The number of rotatable bonds is 10. The SMILES string of the molecule is Cc1ccc(C)c2sc(N(CCCN(C)C)C(=O)CCCS(=O)(=O)c3ccccc3)nc12. The van der Waals surface area contributed by atoms with Crippen molar-refractivity contribution in [2.45, 2.75) is 38.0 Å². The molecule has 0 saturated heterocycles. The van der Waals surface area contributed by atoms with E-state index < -0.39 is 9.84 Å².